The van der Waals surface area contributed by atoms with E-state index in [2.05, 4.69) is 21.2 Å². The van der Waals surface area contributed by atoms with Gasteiger partial charge in [-0.15, -0.1) is 0 Å². The molecule has 0 radical (unpaired) electrons. The zero-order chi connectivity index (χ0) is 13.7. The number of anilines is 1. The molecule has 0 aliphatic rings. The number of benzene rings is 1. The first-order valence-electron chi connectivity index (χ1n) is 5.27. The lowest BCUT2D eigenvalue weighted by molar-refractivity contribution is -0.132. The molecule has 0 atom stereocenters. The molecule has 0 bridgehead atoms. The molecule has 0 spiro atoms. The minimum Gasteiger partial charge on any atom is -0.478 e. The lowest BCUT2D eigenvalue weighted by Crippen LogP contribution is -2.05. The molecule has 0 heterocycles. The molecular weight excluding hydrogens is 341 g/mol. The maximum atomic E-state index is 10.8. The van der Waals surface area contributed by atoms with E-state index in [0.717, 1.165) is 4.47 Å². The van der Waals surface area contributed by atoms with Gasteiger partial charge in [-0.3, -0.25) is 0 Å². The van der Waals surface area contributed by atoms with Gasteiger partial charge < -0.3 is 10.4 Å². The molecule has 2 N–H and O–H groups in total. The quantitative estimate of drug-likeness (QED) is 0.602. The van der Waals surface area contributed by atoms with Gasteiger partial charge in [-0.05, 0) is 34.5 Å². The largest absolute Gasteiger partial charge is 0.478 e. The highest BCUT2D eigenvalue weighted by atomic mass is 79.9. The van der Waals surface area contributed by atoms with E-state index in [1.807, 2.05) is 0 Å². The van der Waals surface area contributed by atoms with Crippen LogP contribution in [0.5, 0.6) is 0 Å². The van der Waals surface area contributed by atoms with Crippen molar-refractivity contribution < 1.29 is 9.90 Å². The topological polar surface area (TPSA) is 49.3 Å². The molecule has 18 heavy (non-hydrogen) atoms. The smallest absolute Gasteiger partial charge is 0.331 e. The average molecular weight is 353 g/mol. The summed E-state index contributed by atoms with van der Waals surface area (Å²) in [6, 6.07) is 3.55. The van der Waals surface area contributed by atoms with Crippen LogP contribution in [0.15, 0.2) is 28.3 Å². The first kappa shape index (κ1) is 15.3. The predicted molar refractivity (Wildman–Crippen MR) is 78.7 cm³/mol. The summed E-state index contributed by atoms with van der Waals surface area (Å²) < 4.78 is 0.718. The molecule has 0 unspecified atom stereocenters. The van der Waals surface area contributed by atoms with Gasteiger partial charge in [-0.1, -0.05) is 36.2 Å². The minimum absolute atomic E-state index is 0.363. The standard InChI is InChI=1S/C12H12BrCl2NO2/c1-2-7(12(17)18)5-6-16-9-4-3-8(13)10(14)11(9)15/h3-5,16H,2,6H2,1H3,(H,17,18)/b7-5-. The third-order valence-corrected chi connectivity index (χ3v) is 4.10. The number of carboxylic acid groups (broad SMARTS) is 1. The summed E-state index contributed by atoms with van der Waals surface area (Å²) >= 11 is 15.3. The van der Waals surface area contributed by atoms with Crippen LogP contribution in [0.25, 0.3) is 0 Å². The SMILES string of the molecule is CC/C(=C/CNc1ccc(Br)c(Cl)c1Cl)C(=O)O. The lowest BCUT2D eigenvalue weighted by Gasteiger charge is -2.09. The Morgan fingerprint density at radius 1 is 1.44 bits per heavy atom. The Bertz CT molecular complexity index is 489. The zero-order valence-electron chi connectivity index (χ0n) is 9.64. The molecule has 0 saturated carbocycles. The molecule has 0 saturated heterocycles. The van der Waals surface area contributed by atoms with Gasteiger partial charge in [0.25, 0.3) is 0 Å². The van der Waals surface area contributed by atoms with Crippen molar-refractivity contribution in [1.82, 2.24) is 0 Å². The molecule has 1 rings (SSSR count). The number of aliphatic carboxylic acids is 1. The van der Waals surface area contributed by atoms with Gasteiger partial charge in [-0.25, -0.2) is 4.79 Å². The maximum absolute atomic E-state index is 10.8. The fourth-order valence-corrected chi connectivity index (χ4v) is 2.17. The van der Waals surface area contributed by atoms with E-state index in [1.165, 1.54) is 0 Å². The van der Waals surface area contributed by atoms with Gasteiger partial charge in [0.05, 0.1) is 15.7 Å². The summed E-state index contributed by atoms with van der Waals surface area (Å²) in [5.74, 6) is -0.903. The van der Waals surface area contributed by atoms with Crippen LogP contribution < -0.4 is 5.32 Å². The van der Waals surface area contributed by atoms with E-state index in [0.29, 0.717) is 34.3 Å². The summed E-state index contributed by atoms with van der Waals surface area (Å²) in [6.45, 7) is 2.18. The van der Waals surface area contributed by atoms with Gasteiger partial charge in [-0.2, -0.15) is 0 Å². The lowest BCUT2D eigenvalue weighted by atomic mass is 10.2. The zero-order valence-corrected chi connectivity index (χ0v) is 12.7. The van der Waals surface area contributed by atoms with E-state index in [9.17, 15) is 4.79 Å². The molecule has 0 aromatic heterocycles. The number of nitrogens with one attached hydrogen (secondary N) is 1. The van der Waals surface area contributed by atoms with Crippen LogP contribution in [0, 0.1) is 0 Å². The highest BCUT2D eigenvalue weighted by Gasteiger charge is 2.08. The van der Waals surface area contributed by atoms with Crippen LogP contribution in [0.4, 0.5) is 5.69 Å². The fourth-order valence-electron chi connectivity index (χ4n) is 1.33. The summed E-state index contributed by atoms with van der Waals surface area (Å²) in [5, 5.41) is 12.7. The Kier molecular flexibility index (Phi) is 5.99. The number of halogens is 3. The molecule has 1 aromatic rings. The van der Waals surface area contributed by atoms with Crippen molar-refractivity contribution in [2.45, 2.75) is 13.3 Å². The normalized spacial score (nSPS) is 11.4. The Labute approximate surface area is 124 Å². The third kappa shape index (κ3) is 3.90. The fraction of sp³-hybridized carbons (Fsp3) is 0.250. The third-order valence-electron chi connectivity index (χ3n) is 2.33. The molecule has 0 aliphatic carbocycles. The Hall–Kier alpha value is -0.710. The summed E-state index contributed by atoms with van der Waals surface area (Å²) in [5.41, 5.74) is 1.03. The number of hydrogen-bond donors (Lipinski definition) is 2. The van der Waals surface area contributed by atoms with Crippen molar-refractivity contribution in [3.63, 3.8) is 0 Å². The highest BCUT2D eigenvalue weighted by Crippen LogP contribution is 2.35. The van der Waals surface area contributed by atoms with Crippen molar-refractivity contribution in [3.8, 4) is 0 Å². The number of carbonyl (C=O) groups is 1. The second-order valence-corrected chi connectivity index (χ2v) is 5.10. The van der Waals surface area contributed by atoms with Gasteiger partial charge in [0.1, 0.15) is 0 Å². The van der Waals surface area contributed by atoms with E-state index in [1.54, 1.807) is 25.1 Å². The average Bonchev–Trinajstić information content (AvgIpc) is 2.33. The second kappa shape index (κ2) is 7.02. The molecule has 0 aliphatic heterocycles. The second-order valence-electron chi connectivity index (χ2n) is 3.49. The monoisotopic (exact) mass is 351 g/mol. The molecule has 1 aromatic carbocycles. The summed E-state index contributed by atoms with van der Waals surface area (Å²) in [7, 11) is 0. The summed E-state index contributed by atoms with van der Waals surface area (Å²) in [6.07, 6.45) is 2.10. The highest BCUT2D eigenvalue weighted by molar-refractivity contribution is 9.10. The van der Waals surface area contributed by atoms with Crippen molar-refractivity contribution in [3.05, 3.63) is 38.3 Å². The van der Waals surface area contributed by atoms with Crippen molar-refractivity contribution in [2.75, 3.05) is 11.9 Å². The van der Waals surface area contributed by atoms with Crippen molar-refractivity contribution in [1.29, 1.82) is 0 Å². The van der Waals surface area contributed by atoms with Gasteiger partial charge in [0, 0.05) is 16.6 Å². The van der Waals surface area contributed by atoms with Crippen molar-refractivity contribution >= 4 is 50.8 Å². The molecule has 6 heteroatoms. The van der Waals surface area contributed by atoms with Gasteiger partial charge in [0.2, 0.25) is 0 Å². The first-order valence-corrected chi connectivity index (χ1v) is 6.82. The van der Waals surface area contributed by atoms with Crippen LogP contribution >= 0.6 is 39.1 Å². The van der Waals surface area contributed by atoms with E-state index in [4.69, 9.17) is 28.3 Å². The number of hydrogen-bond acceptors (Lipinski definition) is 2. The molecule has 0 fully saturated rings. The number of rotatable bonds is 5. The van der Waals surface area contributed by atoms with Crippen LogP contribution in [-0.2, 0) is 4.79 Å². The Morgan fingerprint density at radius 3 is 2.67 bits per heavy atom. The van der Waals surface area contributed by atoms with E-state index < -0.39 is 5.97 Å². The molecule has 98 valence electrons. The Morgan fingerprint density at radius 2 is 2.11 bits per heavy atom. The predicted octanol–water partition coefficient (Wildman–Crippen LogP) is 4.59. The maximum Gasteiger partial charge on any atom is 0.331 e. The number of carboxylic acids is 1. The van der Waals surface area contributed by atoms with Crippen LogP contribution in [0.1, 0.15) is 13.3 Å². The van der Waals surface area contributed by atoms with Crippen LogP contribution in [0.2, 0.25) is 10.0 Å². The summed E-state index contributed by atoms with van der Waals surface area (Å²) in [4.78, 5) is 10.8. The first-order chi connectivity index (χ1) is 8.47. The van der Waals surface area contributed by atoms with Gasteiger partial charge in [0.15, 0.2) is 0 Å². The van der Waals surface area contributed by atoms with Crippen LogP contribution in [-0.4, -0.2) is 17.6 Å². The van der Waals surface area contributed by atoms with Crippen molar-refractivity contribution in [2.24, 2.45) is 0 Å². The molecule has 3 nitrogen and oxygen atoms in total. The van der Waals surface area contributed by atoms with Crippen LogP contribution in [0.3, 0.4) is 0 Å². The molecular formula is C12H12BrCl2NO2. The molecule has 0 amide bonds. The van der Waals surface area contributed by atoms with E-state index >= 15 is 0 Å². The minimum atomic E-state index is -0.903. The van der Waals surface area contributed by atoms with Gasteiger partial charge >= 0.3 is 5.97 Å². The Balaban J connectivity index is 2.76. The van der Waals surface area contributed by atoms with E-state index in [-0.39, 0.29) is 0 Å².